The fourth-order valence-electron chi connectivity index (χ4n) is 1.02. The first kappa shape index (κ1) is 8.40. The molecule has 0 amide bonds. The Labute approximate surface area is 80.3 Å². The summed E-state index contributed by atoms with van der Waals surface area (Å²) < 4.78 is 1.46. The summed E-state index contributed by atoms with van der Waals surface area (Å²) in [5.41, 5.74) is -0.537. The van der Waals surface area contributed by atoms with Gasteiger partial charge in [-0.25, -0.2) is 4.79 Å². The molecule has 0 saturated heterocycles. The van der Waals surface area contributed by atoms with Crippen molar-refractivity contribution in [2.75, 3.05) is 0 Å². The highest BCUT2D eigenvalue weighted by Crippen LogP contribution is 2.32. The number of aromatic carboxylic acids is 1. The van der Waals surface area contributed by atoms with E-state index in [1.54, 1.807) is 12.1 Å². The molecule has 13 heavy (non-hydrogen) atoms. The van der Waals surface area contributed by atoms with E-state index >= 15 is 0 Å². The Morgan fingerprint density at radius 3 is 2.62 bits per heavy atom. The summed E-state index contributed by atoms with van der Waals surface area (Å²) in [6.45, 7) is 0. The van der Waals surface area contributed by atoms with Gasteiger partial charge in [0.15, 0.2) is 5.43 Å². The van der Waals surface area contributed by atoms with Crippen molar-refractivity contribution in [2.45, 2.75) is 0 Å². The third-order valence-corrected chi connectivity index (χ3v) is 4.23. The third kappa shape index (κ3) is 1.26. The van der Waals surface area contributed by atoms with Crippen LogP contribution < -0.4 is 5.43 Å². The number of carboxylic acids is 1. The second-order valence-corrected chi connectivity index (χ2v) is 4.61. The fourth-order valence-corrected chi connectivity index (χ4v) is 3.06. The van der Waals surface area contributed by atoms with E-state index < -0.39 is 11.4 Å². The van der Waals surface area contributed by atoms with E-state index in [4.69, 9.17) is 5.11 Å². The highest BCUT2D eigenvalue weighted by Gasteiger charge is 2.14. The Morgan fingerprint density at radius 2 is 2.08 bits per heavy atom. The lowest BCUT2D eigenvalue weighted by Crippen LogP contribution is -2.11. The molecule has 0 bridgehead atoms. The first-order valence-corrected chi connectivity index (χ1v) is 5.60. The van der Waals surface area contributed by atoms with E-state index in [0.29, 0.717) is 4.70 Å². The Morgan fingerprint density at radius 1 is 1.31 bits per heavy atom. The van der Waals surface area contributed by atoms with Gasteiger partial charge < -0.3 is 5.11 Å². The molecular formula is C8H4O3S2. The molecule has 1 N–H and O–H groups in total. The molecule has 0 fully saturated rings. The number of hydrogen-bond donors (Lipinski definition) is 1. The largest absolute Gasteiger partial charge is 0.477 e. The number of carbonyl (C=O) groups is 1. The van der Waals surface area contributed by atoms with E-state index in [-0.39, 0.29) is 5.56 Å². The van der Waals surface area contributed by atoms with Crippen LogP contribution in [0.1, 0.15) is 10.4 Å². The molecule has 2 rings (SSSR count). The Balaban J connectivity index is 2.94. The minimum atomic E-state index is -1.15. The third-order valence-electron chi connectivity index (χ3n) is 1.62. The highest BCUT2D eigenvalue weighted by molar-refractivity contribution is 7.78. The summed E-state index contributed by atoms with van der Waals surface area (Å²) in [7, 11) is 2.81. The molecule has 3 nitrogen and oxygen atoms in total. The van der Waals surface area contributed by atoms with E-state index in [1.165, 1.54) is 26.7 Å². The second-order valence-electron chi connectivity index (χ2n) is 2.43. The van der Waals surface area contributed by atoms with Gasteiger partial charge in [0, 0.05) is 0 Å². The minimum Gasteiger partial charge on any atom is -0.477 e. The van der Waals surface area contributed by atoms with Crippen LogP contribution in [0.5, 0.6) is 0 Å². The lowest BCUT2D eigenvalue weighted by atomic mass is 10.3. The van der Waals surface area contributed by atoms with Gasteiger partial charge in [0.05, 0.1) is 9.40 Å². The Bertz CT molecular complexity index is 523. The Hall–Kier alpha value is -1.20. The molecule has 0 aliphatic heterocycles. The molecule has 0 aliphatic carbocycles. The molecule has 0 aliphatic rings. The summed E-state index contributed by atoms with van der Waals surface area (Å²) >= 11 is 0. The fraction of sp³-hybridized carbons (Fsp3) is 0. The van der Waals surface area contributed by atoms with Gasteiger partial charge in [-0.1, -0.05) is 26.7 Å². The highest BCUT2D eigenvalue weighted by atomic mass is 32.9. The molecule has 1 aromatic heterocycles. The summed E-state index contributed by atoms with van der Waals surface area (Å²) in [4.78, 5) is 22.0. The van der Waals surface area contributed by atoms with Crippen molar-refractivity contribution < 1.29 is 9.90 Å². The second kappa shape index (κ2) is 2.93. The average molecular weight is 212 g/mol. The van der Waals surface area contributed by atoms with E-state index in [2.05, 4.69) is 0 Å². The zero-order valence-corrected chi connectivity index (χ0v) is 7.95. The van der Waals surface area contributed by atoms with Crippen LogP contribution in [-0.4, -0.2) is 11.1 Å². The van der Waals surface area contributed by atoms with Gasteiger partial charge >= 0.3 is 5.97 Å². The van der Waals surface area contributed by atoms with Gasteiger partial charge in [0.1, 0.15) is 5.56 Å². The number of hydrogen-bond acceptors (Lipinski definition) is 4. The summed E-state index contributed by atoms with van der Waals surface area (Å²) in [5.74, 6) is -1.15. The van der Waals surface area contributed by atoms with Crippen LogP contribution in [-0.2, 0) is 0 Å². The lowest BCUT2D eigenvalue weighted by Gasteiger charge is -1.95. The number of carboxylic acid groups (broad SMARTS) is 1. The maximum atomic E-state index is 11.3. The smallest absolute Gasteiger partial charge is 0.341 e. The van der Waals surface area contributed by atoms with Crippen molar-refractivity contribution in [1.29, 1.82) is 0 Å². The molecule has 0 unspecified atom stereocenters. The molecule has 0 atom stereocenters. The summed E-state index contributed by atoms with van der Waals surface area (Å²) in [5, 5.41) is 8.79. The average Bonchev–Trinajstić information content (AvgIpc) is 2.13. The zero-order valence-electron chi connectivity index (χ0n) is 6.31. The molecule has 5 heteroatoms. The van der Waals surface area contributed by atoms with Crippen molar-refractivity contribution in [2.24, 2.45) is 0 Å². The first-order chi connectivity index (χ1) is 6.20. The van der Waals surface area contributed by atoms with E-state index in [9.17, 15) is 9.59 Å². The monoisotopic (exact) mass is 212 g/mol. The predicted octanol–water partition coefficient (Wildman–Crippen LogP) is 2.02. The van der Waals surface area contributed by atoms with Gasteiger partial charge in [0.25, 0.3) is 0 Å². The molecule has 2 aromatic rings. The van der Waals surface area contributed by atoms with Gasteiger partial charge in [0.2, 0.25) is 0 Å². The van der Waals surface area contributed by atoms with Crippen LogP contribution in [0.25, 0.3) is 9.40 Å². The molecule has 1 aromatic carbocycles. The SMILES string of the molecule is O=C(O)c1c(=O)cccc2ssc12. The lowest BCUT2D eigenvalue weighted by molar-refractivity contribution is 0.0698. The summed E-state index contributed by atoms with van der Waals surface area (Å²) in [6.07, 6.45) is 0. The maximum absolute atomic E-state index is 11.3. The topological polar surface area (TPSA) is 54.4 Å². The van der Waals surface area contributed by atoms with Crippen LogP contribution in [0, 0.1) is 0 Å². The normalized spacial score (nSPS) is 10.5. The van der Waals surface area contributed by atoms with Crippen molar-refractivity contribution in [1.82, 2.24) is 0 Å². The molecule has 0 saturated carbocycles. The van der Waals surface area contributed by atoms with Crippen LogP contribution >= 0.6 is 20.7 Å². The maximum Gasteiger partial charge on any atom is 0.341 e. The van der Waals surface area contributed by atoms with Crippen molar-refractivity contribution in [3.05, 3.63) is 34.0 Å². The van der Waals surface area contributed by atoms with Gasteiger partial charge in [-0.15, -0.1) is 0 Å². The van der Waals surface area contributed by atoms with Crippen LogP contribution in [0.4, 0.5) is 0 Å². The molecule has 66 valence electrons. The van der Waals surface area contributed by atoms with Gasteiger partial charge in [-0.2, -0.15) is 0 Å². The van der Waals surface area contributed by atoms with Crippen LogP contribution in [0.2, 0.25) is 0 Å². The predicted molar refractivity (Wildman–Crippen MR) is 52.9 cm³/mol. The number of rotatable bonds is 1. The van der Waals surface area contributed by atoms with Crippen molar-refractivity contribution in [3.8, 4) is 0 Å². The van der Waals surface area contributed by atoms with Crippen LogP contribution in [0.3, 0.4) is 0 Å². The standard InChI is InChI=1S/C8H4O3S2/c9-4-2-1-3-5-7(13-12-5)6(4)8(10)11/h1-3H,(H,10,11). The zero-order chi connectivity index (χ0) is 9.42. The van der Waals surface area contributed by atoms with Crippen molar-refractivity contribution in [3.63, 3.8) is 0 Å². The van der Waals surface area contributed by atoms with Gasteiger partial charge in [-0.05, 0) is 12.1 Å². The summed E-state index contributed by atoms with van der Waals surface area (Å²) in [6, 6.07) is 4.62. The van der Waals surface area contributed by atoms with Gasteiger partial charge in [-0.3, -0.25) is 4.79 Å². The Kier molecular flexibility index (Phi) is 1.90. The minimum absolute atomic E-state index is 0.108. The number of fused-ring (bicyclic) bond motifs is 1. The molecule has 1 heterocycles. The van der Waals surface area contributed by atoms with E-state index in [0.717, 1.165) is 4.70 Å². The van der Waals surface area contributed by atoms with Crippen molar-refractivity contribution >= 4 is 36.1 Å². The van der Waals surface area contributed by atoms with Crippen LogP contribution in [0.15, 0.2) is 23.0 Å². The quantitative estimate of drug-likeness (QED) is 0.736. The molecular weight excluding hydrogens is 208 g/mol. The van der Waals surface area contributed by atoms with E-state index in [1.807, 2.05) is 0 Å². The first-order valence-electron chi connectivity index (χ1n) is 3.45. The molecule has 0 radical (unpaired) electrons. The molecule has 0 spiro atoms.